The van der Waals surface area contributed by atoms with Gasteiger partial charge in [-0.15, -0.1) is 0 Å². The molecule has 0 aliphatic rings. The topological polar surface area (TPSA) is 78.2 Å². The van der Waals surface area contributed by atoms with E-state index in [0.717, 1.165) is 0 Å². The van der Waals surface area contributed by atoms with E-state index in [1.807, 2.05) is 0 Å². The van der Waals surface area contributed by atoms with Gasteiger partial charge in [0.2, 0.25) is 0 Å². The first-order chi connectivity index (χ1) is 7.63. The smallest absolute Gasteiger partial charge is 0.126 e. The minimum atomic E-state index is -0.838. The Balaban J connectivity index is 3.29. The Morgan fingerprint density at radius 1 is 1.62 bits per heavy atom. The highest BCUT2D eigenvalue weighted by Crippen LogP contribution is 2.30. The van der Waals surface area contributed by atoms with E-state index in [-0.39, 0.29) is 0 Å². The average Bonchev–Trinajstić information content (AvgIpc) is 2.29. The van der Waals surface area contributed by atoms with Crippen molar-refractivity contribution in [2.75, 3.05) is 13.7 Å². The lowest BCUT2D eigenvalue weighted by molar-refractivity contribution is 0.264. The van der Waals surface area contributed by atoms with Gasteiger partial charge in [0.05, 0.1) is 19.8 Å². The number of rotatable bonds is 4. The Hall–Kier alpha value is -1.78. The third-order valence-corrected chi connectivity index (χ3v) is 2.23. The summed E-state index contributed by atoms with van der Waals surface area (Å²) in [6, 6.07) is 1.87. The van der Waals surface area contributed by atoms with Crippen LogP contribution in [-0.4, -0.2) is 18.8 Å². The molecule has 1 N–H and O–H groups in total. The molecule has 1 unspecified atom stereocenters. The van der Waals surface area contributed by atoms with E-state index in [0.29, 0.717) is 16.9 Å². The summed E-state index contributed by atoms with van der Waals surface area (Å²) >= 11 is 0. The summed E-state index contributed by atoms with van der Waals surface area (Å²) in [4.78, 5) is 2.60. The molecule has 16 heavy (non-hydrogen) atoms. The molecular weight excluding hydrogens is 213 g/mol. The number of halogens is 1. The van der Waals surface area contributed by atoms with Gasteiger partial charge >= 0.3 is 0 Å². The standard InChI is InChI=1S/C10H12FN3O2/c1-6-3-10(16-2)7(4-8(6)11)9(5-15)13-14-12/h3-4,9,15H,5H2,1-2H3. The van der Waals surface area contributed by atoms with Crippen molar-refractivity contribution < 1.29 is 14.2 Å². The summed E-state index contributed by atoms with van der Waals surface area (Å²) in [5, 5.41) is 12.4. The Morgan fingerprint density at radius 2 is 2.31 bits per heavy atom. The summed E-state index contributed by atoms with van der Waals surface area (Å²) in [7, 11) is 1.43. The second-order valence-electron chi connectivity index (χ2n) is 3.25. The SMILES string of the molecule is COc1cc(C)c(F)cc1C(CO)N=[N+]=[N-]. The molecule has 0 amide bonds. The third-order valence-electron chi connectivity index (χ3n) is 2.23. The van der Waals surface area contributed by atoms with Crippen molar-refractivity contribution in [2.24, 2.45) is 5.11 Å². The van der Waals surface area contributed by atoms with Crippen molar-refractivity contribution in [3.05, 3.63) is 39.5 Å². The predicted octanol–water partition coefficient (Wildman–Crippen LogP) is 2.49. The van der Waals surface area contributed by atoms with Crippen LogP contribution < -0.4 is 4.74 Å². The molecule has 0 fully saturated rings. The minimum absolute atomic E-state index is 0.339. The number of azide groups is 1. The summed E-state index contributed by atoms with van der Waals surface area (Å²) in [5.41, 5.74) is 9.10. The first-order valence-corrected chi connectivity index (χ1v) is 4.63. The van der Waals surface area contributed by atoms with Gasteiger partial charge in [-0.05, 0) is 30.2 Å². The van der Waals surface area contributed by atoms with Gasteiger partial charge in [-0.2, -0.15) is 0 Å². The molecule has 1 atom stereocenters. The van der Waals surface area contributed by atoms with Crippen LogP contribution in [0.5, 0.6) is 5.75 Å². The number of aliphatic hydroxyl groups is 1. The average molecular weight is 225 g/mol. The van der Waals surface area contributed by atoms with Gasteiger partial charge in [0, 0.05) is 10.5 Å². The normalized spacial score (nSPS) is 11.8. The van der Waals surface area contributed by atoms with Gasteiger partial charge in [0.1, 0.15) is 11.6 Å². The summed E-state index contributed by atoms with van der Waals surface area (Å²) in [6.45, 7) is 1.20. The first-order valence-electron chi connectivity index (χ1n) is 4.63. The molecule has 0 saturated heterocycles. The lowest BCUT2D eigenvalue weighted by atomic mass is 10.0. The highest BCUT2D eigenvalue weighted by Gasteiger charge is 2.16. The zero-order valence-corrected chi connectivity index (χ0v) is 9.01. The number of hydrogen-bond acceptors (Lipinski definition) is 3. The maximum absolute atomic E-state index is 13.4. The molecule has 5 nitrogen and oxygen atoms in total. The molecule has 6 heteroatoms. The predicted molar refractivity (Wildman–Crippen MR) is 56.7 cm³/mol. The fraction of sp³-hybridized carbons (Fsp3) is 0.400. The van der Waals surface area contributed by atoms with Crippen LogP contribution in [-0.2, 0) is 0 Å². The molecule has 0 aromatic heterocycles. The monoisotopic (exact) mass is 225 g/mol. The van der Waals surface area contributed by atoms with Crippen molar-refractivity contribution in [1.82, 2.24) is 0 Å². The van der Waals surface area contributed by atoms with Crippen LogP contribution in [0.4, 0.5) is 4.39 Å². The molecule has 0 heterocycles. The number of benzene rings is 1. The van der Waals surface area contributed by atoms with Crippen LogP contribution in [0.15, 0.2) is 17.2 Å². The van der Waals surface area contributed by atoms with E-state index in [2.05, 4.69) is 10.0 Å². The number of ether oxygens (including phenoxy) is 1. The molecule has 0 spiro atoms. The quantitative estimate of drug-likeness (QED) is 0.485. The Bertz CT molecular complexity index is 430. The molecule has 0 radical (unpaired) electrons. The minimum Gasteiger partial charge on any atom is -0.496 e. The van der Waals surface area contributed by atoms with Gasteiger partial charge in [-0.25, -0.2) is 4.39 Å². The largest absolute Gasteiger partial charge is 0.496 e. The van der Waals surface area contributed by atoms with E-state index in [1.165, 1.54) is 19.2 Å². The fourth-order valence-electron chi connectivity index (χ4n) is 1.37. The van der Waals surface area contributed by atoms with Crippen molar-refractivity contribution in [2.45, 2.75) is 13.0 Å². The van der Waals surface area contributed by atoms with Crippen LogP contribution in [0.1, 0.15) is 17.2 Å². The number of methoxy groups -OCH3 is 1. The summed E-state index contributed by atoms with van der Waals surface area (Å²) < 4.78 is 18.4. The van der Waals surface area contributed by atoms with Crippen molar-refractivity contribution >= 4 is 0 Å². The van der Waals surface area contributed by atoms with Crippen LogP contribution in [0, 0.1) is 12.7 Å². The zero-order chi connectivity index (χ0) is 12.1. The van der Waals surface area contributed by atoms with E-state index >= 15 is 0 Å². The van der Waals surface area contributed by atoms with E-state index in [4.69, 9.17) is 15.4 Å². The van der Waals surface area contributed by atoms with Crippen LogP contribution in [0.2, 0.25) is 0 Å². The molecule has 1 rings (SSSR count). The zero-order valence-electron chi connectivity index (χ0n) is 9.01. The fourth-order valence-corrected chi connectivity index (χ4v) is 1.37. The second kappa shape index (κ2) is 5.34. The lowest BCUT2D eigenvalue weighted by Crippen LogP contribution is -2.04. The summed E-state index contributed by atoms with van der Waals surface area (Å²) in [6.07, 6.45) is 0. The van der Waals surface area contributed by atoms with Gasteiger partial charge in [0.25, 0.3) is 0 Å². The highest BCUT2D eigenvalue weighted by atomic mass is 19.1. The van der Waals surface area contributed by atoms with Gasteiger partial charge in [-0.3, -0.25) is 0 Å². The van der Waals surface area contributed by atoms with Crippen LogP contribution in [0.25, 0.3) is 10.4 Å². The molecule has 1 aromatic carbocycles. The second-order valence-corrected chi connectivity index (χ2v) is 3.25. The maximum Gasteiger partial charge on any atom is 0.126 e. The summed E-state index contributed by atoms with van der Waals surface area (Å²) in [5.74, 6) is -0.0345. The first kappa shape index (κ1) is 12.3. The third kappa shape index (κ3) is 2.42. The number of nitrogens with zero attached hydrogens (tertiary/aromatic N) is 3. The molecular formula is C10H12FN3O2. The number of aliphatic hydroxyl groups excluding tert-OH is 1. The van der Waals surface area contributed by atoms with Crippen molar-refractivity contribution in [3.63, 3.8) is 0 Å². The van der Waals surface area contributed by atoms with Gasteiger partial charge in [-0.1, -0.05) is 5.11 Å². The van der Waals surface area contributed by atoms with E-state index in [1.54, 1.807) is 6.92 Å². The molecule has 0 aliphatic carbocycles. The van der Waals surface area contributed by atoms with Gasteiger partial charge < -0.3 is 9.84 Å². The molecule has 0 saturated carbocycles. The molecule has 1 aromatic rings. The van der Waals surface area contributed by atoms with Crippen molar-refractivity contribution in [3.8, 4) is 5.75 Å². The van der Waals surface area contributed by atoms with Crippen LogP contribution >= 0.6 is 0 Å². The molecule has 0 aliphatic heterocycles. The van der Waals surface area contributed by atoms with E-state index < -0.39 is 18.5 Å². The molecule has 86 valence electrons. The Labute approximate surface area is 92.1 Å². The Morgan fingerprint density at radius 3 is 2.81 bits per heavy atom. The van der Waals surface area contributed by atoms with E-state index in [9.17, 15) is 4.39 Å². The van der Waals surface area contributed by atoms with Crippen molar-refractivity contribution in [1.29, 1.82) is 0 Å². The Kier molecular flexibility index (Phi) is 4.10. The molecule has 0 bridgehead atoms. The maximum atomic E-state index is 13.4. The van der Waals surface area contributed by atoms with Crippen LogP contribution in [0.3, 0.4) is 0 Å². The number of hydrogen-bond donors (Lipinski definition) is 1. The highest BCUT2D eigenvalue weighted by molar-refractivity contribution is 5.40. The van der Waals surface area contributed by atoms with Gasteiger partial charge in [0.15, 0.2) is 0 Å². The number of aryl methyl sites for hydroxylation is 1. The lowest BCUT2D eigenvalue weighted by Gasteiger charge is -2.14.